The molecule has 0 atom stereocenters. The van der Waals surface area contributed by atoms with E-state index in [2.05, 4.69) is 20.8 Å². The number of rotatable bonds is 8. The standard InChI is InChI=1S/C17H26N4O3S2/c22-14(18-12-8-4-5-9-12)10-24-15(23)11-25-17-21-20-16(26-17)19-13-6-2-1-3-7-13/h12-13H,1-11H2,(H,18,22)(H,19,20). The molecule has 0 spiro atoms. The van der Waals surface area contributed by atoms with Crippen molar-refractivity contribution in [1.82, 2.24) is 15.5 Å². The summed E-state index contributed by atoms with van der Waals surface area (Å²) >= 11 is 2.75. The molecule has 1 heterocycles. The molecule has 1 aromatic heterocycles. The minimum Gasteiger partial charge on any atom is -0.455 e. The van der Waals surface area contributed by atoms with E-state index in [0.717, 1.165) is 35.2 Å². The number of carbonyl (C=O) groups excluding carboxylic acids is 2. The zero-order valence-corrected chi connectivity index (χ0v) is 16.5. The highest BCUT2D eigenvalue weighted by Crippen LogP contribution is 2.28. The predicted molar refractivity (Wildman–Crippen MR) is 102 cm³/mol. The zero-order chi connectivity index (χ0) is 18.2. The Morgan fingerprint density at radius 1 is 1.04 bits per heavy atom. The van der Waals surface area contributed by atoms with Crippen molar-refractivity contribution in [3.63, 3.8) is 0 Å². The van der Waals surface area contributed by atoms with Gasteiger partial charge in [0.25, 0.3) is 5.91 Å². The lowest BCUT2D eigenvalue weighted by molar-refractivity contribution is -0.146. The normalized spacial score (nSPS) is 18.6. The lowest BCUT2D eigenvalue weighted by Gasteiger charge is -2.21. The molecule has 2 fully saturated rings. The molecule has 0 saturated heterocycles. The molecule has 3 rings (SSSR count). The van der Waals surface area contributed by atoms with Crippen molar-refractivity contribution in [1.29, 1.82) is 0 Å². The first kappa shape index (κ1) is 19.4. The maximum Gasteiger partial charge on any atom is 0.316 e. The van der Waals surface area contributed by atoms with Crippen molar-refractivity contribution in [3.8, 4) is 0 Å². The van der Waals surface area contributed by atoms with Crippen LogP contribution in [0.2, 0.25) is 0 Å². The lowest BCUT2D eigenvalue weighted by Crippen LogP contribution is -2.36. The van der Waals surface area contributed by atoms with Crippen molar-refractivity contribution in [2.45, 2.75) is 74.2 Å². The van der Waals surface area contributed by atoms with Crippen LogP contribution < -0.4 is 10.6 Å². The monoisotopic (exact) mass is 398 g/mol. The van der Waals surface area contributed by atoms with E-state index in [4.69, 9.17) is 4.74 Å². The average Bonchev–Trinajstić information content (AvgIpc) is 3.31. The van der Waals surface area contributed by atoms with Gasteiger partial charge in [0, 0.05) is 12.1 Å². The molecular formula is C17H26N4O3S2. The van der Waals surface area contributed by atoms with Gasteiger partial charge in [-0.3, -0.25) is 9.59 Å². The fourth-order valence-corrected chi connectivity index (χ4v) is 5.02. The zero-order valence-electron chi connectivity index (χ0n) is 14.9. The van der Waals surface area contributed by atoms with E-state index in [1.807, 2.05) is 0 Å². The number of nitrogens with one attached hydrogen (secondary N) is 2. The van der Waals surface area contributed by atoms with Crippen LogP contribution in [0.3, 0.4) is 0 Å². The van der Waals surface area contributed by atoms with Gasteiger partial charge in [0.2, 0.25) is 5.13 Å². The van der Waals surface area contributed by atoms with Gasteiger partial charge in [-0.2, -0.15) is 0 Å². The molecule has 7 nitrogen and oxygen atoms in total. The Bertz CT molecular complexity index is 599. The fourth-order valence-electron chi connectivity index (χ4n) is 3.40. The third-order valence-corrected chi connectivity index (χ3v) is 6.70. The Kier molecular flexibility index (Phi) is 7.55. The summed E-state index contributed by atoms with van der Waals surface area (Å²) in [7, 11) is 0. The van der Waals surface area contributed by atoms with Crippen LogP contribution in [0.5, 0.6) is 0 Å². The van der Waals surface area contributed by atoms with E-state index >= 15 is 0 Å². The number of carbonyl (C=O) groups is 2. The van der Waals surface area contributed by atoms with Crippen LogP contribution in [-0.4, -0.2) is 46.5 Å². The predicted octanol–water partition coefficient (Wildman–Crippen LogP) is 2.98. The second-order valence-electron chi connectivity index (χ2n) is 6.85. The highest BCUT2D eigenvalue weighted by atomic mass is 32.2. The fraction of sp³-hybridized carbons (Fsp3) is 0.765. The first-order valence-corrected chi connectivity index (χ1v) is 11.2. The quantitative estimate of drug-likeness (QED) is 0.513. The molecule has 0 aliphatic heterocycles. The minimum atomic E-state index is -0.409. The van der Waals surface area contributed by atoms with Crippen molar-refractivity contribution < 1.29 is 14.3 Å². The summed E-state index contributed by atoms with van der Waals surface area (Å²) < 4.78 is 5.77. The third kappa shape index (κ3) is 6.42. The minimum absolute atomic E-state index is 0.134. The summed E-state index contributed by atoms with van der Waals surface area (Å²) in [6, 6.07) is 0.727. The number of thioether (sulfide) groups is 1. The molecule has 2 aliphatic rings. The first-order chi connectivity index (χ1) is 12.7. The number of hydrogen-bond acceptors (Lipinski definition) is 8. The maximum absolute atomic E-state index is 11.8. The number of aromatic nitrogens is 2. The SMILES string of the molecule is O=C(COC(=O)CSc1nnc(NC2CCCCC2)s1)NC1CCCC1. The Hall–Kier alpha value is -1.35. The summed E-state index contributed by atoms with van der Waals surface area (Å²) in [4.78, 5) is 23.5. The molecule has 0 bridgehead atoms. The summed E-state index contributed by atoms with van der Waals surface area (Å²) in [6.45, 7) is -0.208. The van der Waals surface area contributed by atoms with E-state index in [-0.39, 0.29) is 24.3 Å². The number of hydrogen-bond donors (Lipinski definition) is 2. The van der Waals surface area contributed by atoms with E-state index in [1.54, 1.807) is 0 Å². The summed E-state index contributed by atoms with van der Waals surface area (Å²) in [5.41, 5.74) is 0. The van der Waals surface area contributed by atoms with Crippen LogP contribution in [0, 0.1) is 0 Å². The number of anilines is 1. The molecule has 1 aromatic rings. The molecule has 9 heteroatoms. The lowest BCUT2D eigenvalue weighted by atomic mass is 9.96. The number of amides is 1. The molecule has 0 radical (unpaired) electrons. The number of nitrogens with zero attached hydrogens (tertiary/aromatic N) is 2. The van der Waals surface area contributed by atoms with Crippen molar-refractivity contribution in [2.24, 2.45) is 0 Å². The van der Waals surface area contributed by atoms with Gasteiger partial charge in [0.1, 0.15) is 0 Å². The van der Waals surface area contributed by atoms with Gasteiger partial charge in [-0.25, -0.2) is 0 Å². The van der Waals surface area contributed by atoms with Crippen LogP contribution in [0.1, 0.15) is 57.8 Å². The Morgan fingerprint density at radius 2 is 1.73 bits per heavy atom. The van der Waals surface area contributed by atoms with Gasteiger partial charge in [0.15, 0.2) is 10.9 Å². The molecular weight excluding hydrogens is 372 g/mol. The van der Waals surface area contributed by atoms with Gasteiger partial charge < -0.3 is 15.4 Å². The van der Waals surface area contributed by atoms with Crippen LogP contribution in [0.15, 0.2) is 4.34 Å². The summed E-state index contributed by atoms with van der Waals surface area (Å²) in [5, 5.41) is 15.4. The topological polar surface area (TPSA) is 93.2 Å². The van der Waals surface area contributed by atoms with Crippen LogP contribution in [0.25, 0.3) is 0 Å². The molecule has 1 amide bonds. The summed E-state index contributed by atoms with van der Waals surface area (Å²) in [6.07, 6.45) is 10.5. The third-order valence-electron chi connectivity index (χ3n) is 4.74. The second-order valence-corrected chi connectivity index (χ2v) is 9.05. The van der Waals surface area contributed by atoms with E-state index in [1.165, 1.54) is 55.2 Å². The van der Waals surface area contributed by atoms with Crippen molar-refractivity contribution in [3.05, 3.63) is 0 Å². The van der Waals surface area contributed by atoms with Crippen LogP contribution >= 0.6 is 23.1 Å². The molecule has 0 unspecified atom stereocenters. The van der Waals surface area contributed by atoms with Gasteiger partial charge in [-0.15, -0.1) is 10.2 Å². The highest BCUT2D eigenvalue weighted by molar-refractivity contribution is 8.01. The van der Waals surface area contributed by atoms with E-state index in [0.29, 0.717) is 6.04 Å². The van der Waals surface area contributed by atoms with E-state index in [9.17, 15) is 9.59 Å². The largest absolute Gasteiger partial charge is 0.455 e. The smallest absolute Gasteiger partial charge is 0.316 e. The first-order valence-electron chi connectivity index (χ1n) is 9.37. The number of esters is 1. The Morgan fingerprint density at radius 3 is 2.50 bits per heavy atom. The Balaban J connectivity index is 1.31. The molecule has 26 heavy (non-hydrogen) atoms. The molecule has 2 saturated carbocycles. The molecule has 0 aromatic carbocycles. The highest BCUT2D eigenvalue weighted by Gasteiger charge is 2.18. The Labute approximate surface area is 162 Å². The number of ether oxygens (including phenoxy) is 1. The van der Waals surface area contributed by atoms with Gasteiger partial charge >= 0.3 is 5.97 Å². The van der Waals surface area contributed by atoms with Crippen molar-refractivity contribution >= 4 is 40.1 Å². The van der Waals surface area contributed by atoms with Gasteiger partial charge in [-0.1, -0.05) is 55.2 Å². The molecule has 2 N–H and O–H groups in total. The summed E-state index contributed by atoms with van der Waals surface area (Å²) in [5.74, 6) is -0.493. The average molecular weight is 399 g/mol. The molecule has 2 aliphatic carbocycles. The molecule has 144 valence electrons. The van der Waals surface area contributed by atoms with Crippen LogP contribution in [-0.2, 0) is 14.3 Å². The van der Waals surface area contributed by atoms with E-state index < -0.39 is 5.97 Å². The van der Waals surface area contributed by atoms with Crippen LogP contribution in [0.4, 0.5) is 5.13 Å². The van der Waals surface area contributed by atoms with Gasteiger partial charge in [0.05, 0.1) is 5.75 Å². The second kappa shape index (κ2) is 10.1. The maximum atomic E-state index is 11.8. The van der Waals surface area contributed by atoms with Gasteiger partial charge in [-0.05, 0) is 25.7 Å². The van der Waals surface area contributed by atoms with Crippen molar-refractivity contribution in [2.75, 3.05) is 17.7 Å².